The second kappa shape index (κ2) is 7.68. The van der Waals surface area contributed by atoms with E-state index in [0.29, 0.717) is 17.7 Å². The van der Waals surface area contributed by atoms with Gasteiger partial charge in [-0.25, -0.2) is 8.78 Å². The molecule has 0 unspecified atom stereocenters. The molecule has 2 N–H and O–H groups in total. The molecule has 2 aromatic rings. The van der Waals surface area contributed by atoms with Gasteiger partial charge in [-0.15, -0.1) is 0 Å². The van der Waals surface area contributed by atoms with E-state index >= 15 is 0 Å². The van der Waals surface area contributed by atoms with Crippen LogP contribution >= 0.6 is 0 Å². The molecule has 0 aromatic heterocycles. The van der Waals surface area contributed by atoms with Crippen molar-refractivity contribution in [2.75, 3.05) is 10.6 Å². The molecule has 6 heteroatoms. The Hall–Kier alpha value is -2.76. The third-order valence-electron chi connectivity index (χ3n) is 3.39. The molecule has 24 heavy (non-hydrogen) atoms. The number of nitrogens with one attached hydrogen (secondary N) is 2. The Balaban J connectivity index is 1.90. The summed E-state index contributed by atoms with van der Waals surface area (Å²) in [5, 5.41) is 4.83. The number of amides is 2. The van der Waals surface area contributed by atoms with E-state index in [4.69, 9.17) is 0 Å². The molecule has 126 valence electrons. The first-order valence-electron chi connectivity index (χ1n) is 7.50. The van der Waals surface area contributed by atoms with E-state index in [1.165, 1.54) is 0 Å². The fourth-order valence-electron chi connectivity index (χ4n) is 2.09. The van der Waals surface area contributed by atoms with E-state index in [1.807, 2.05) is 12.1 Å². The molecule has 0 saturated carbocycles. The number of benzene rings is 2. The highest BCUT2D eigenvalue weighted by Crippen LogP contribution is 2.18. The van der Waals surface area contributed by atoms with Gasteiger partial charge in [0.15, 0.2) is 0 Å². The Bertz CT molecular complexity index is 743. The van der Waals surface area contributed by atoms with Crippen molar-refractivity contribution < 1.29 is 18.4 Å². The minimum absolute atomic E-state index is 0.171. The molecule has 0 bridgehead atoms. The van der Waals surface area contributed by atoms with Crippen LogP contribution in [0.25, 0.3) is 0 Å². The molecule has 0 aliphatic heterocycles. The zero-order valence-electron chi connectivity index (χ0n) is 13.4. The molecule has 0 radical (unpaired) electrons. The van der Waals surface area contributed by atoms with Crippen LogP contribution in [0.1, 0.15) is 31.7 Å². The van der Waals surface area contributed by atoms with Gasteiger partial charge in [0.2, 0.25) is 11.8 Å². The van der Waals surface area contributed by atoms with Crippen LogP contribution in [0.5, 0.6) is 0 Å². The maximum absolute atomic E-state index is 13.4. The molecule has 0 aliphatic carbocycles. The Labute approximate surface area is 138 Å². The van der Waals surface area contributed by atoms with E-state index in [2.05, 4.69) is 24.5 Å². The fraction of sp³-hybridized carbons (Fsp3) is 0.222. The SMILES string of the molecule is CC(C)c1ccc(NC(=O)CC(=O)Nc2ccc(F)cc2F)cc1. The topological polar surface area (TPSA) is 58.2 Å². The highest BCUT2D eigenvalue weighted by atomic mass is 19.1. The molecule has 2 amide bonds. The number of carbonyl (C=O) groups is 2. The first-order chi connectivity index (χ1) is 11.3. The molecular weight excluding hydrogens is 314 g/mol. The minimum atomic E-state index is -0.895. The number of halogens is 2. The number of anilines is 2. The highest BCUT2D eigenvalue weighted by Gasteiger charge is 2.12. The Kier molecular flexibility index (Phi) is 5.63. The minimum Gasteiger partial charge on any atom is -0.326 e. The largest absolute Gasteiger partial charge is 0.326 e. The zero-order chi connectivity index (χ0) is 17.7. The fourth-order valence-corrected chi connectivity index (χ4v) is 2.09. The lowest BCUT2D eigenvalue weighted by Crippen LogP contribution is -2.21. The summed E-state index contributed by atoms with van der Waals surface area (Å²) in [5.41, 5.74) is 1.54. The predicted molar refractivity (Wildman–Crippen MR) is 88.8 cm³/mol. The summed E-state index contributed by atoms with van der Waals surface area (Å²) in [6.07, 6.45) is -0.469. The Morgan fingerprint density at radius 2 is 1.58 bits per heavy atom. The van der Waals surface area contributed by atoms with Crippen LogP contribution in [0.15, 0.2) is 42.5 Å². The molecule has 0 aliphatic rings. The first-order valence-corrected chi connectivity index (χ1v) is 7.50. The van der Waals surface area contributed by atoms with Crippen molar-refractivity contribution in [1.29, 1.82) is 0 Å². The summed E-state index contributed by atoms with van der Waals surface area (Å²) in [4.78, 5) is 23.6. The molecule has 0 atom stereocenters. The van der Waals surface area contributed by atoms with Crippen LogP contribution in [0.3, 0.4) is 0 Å². The monoisotopic (exact) mass is 332 g/mol. The van der Waals surface area contributed by atoms with Crippen molar-refractivity contribution in [2.24, 2.45) is 0 Å². The Morgan fingerprint density at radius 3 is 2.17 bits per heavy atom. The predicted octanol–water partition coefficient (Wildman–Crippen LogP) is 4.06. The maximum atomic E-state index is 13.4. The quantitative estimate of drug-likeness (QED) is 0.811. The lowest BCUT2D eigenvalue weighted by atomic mass is 10.0. The summed E-state index contributed by atoms with van der Waals surface area (Å²) in [5.74, 6) is -2.46. The van der Waals surface area contributed by atoms with Crippen molar-refractivity contribution in [1.82, 2.24) is 0 Å². The van der Waals surface area contributed by atoms with Gasteiger partial charge in [-0.1, -0.05) is 26.0 Å². The van der Waals surface area contributed by atoms with Crippen LogP contribution < -0.4 is 10.6 Å². The van der Waals surface area contributed by atoms with Gasteiger partial charge in [0, 0.05) is 11.8 Å². The van der Waals surface area contributed by atoms with Crippen molar-refractivity contribution in [3.8, 4) is 0 Å². The van der Waals surface area contributed by atoms with Gasteiger partial charge in [-0.3, -0.25) is 9.59 Å². The van der Waals surface area contributed by atoms with Crippen molar-refractivity contribution in [3.63, 3.8) is 0 Å². The van der Waals surface area contributed by atoms with Crippen molar-refractivity contribution in [2.45, 2.75) is 26.2 Å². The van der Waals surface area contributed by atoms with E-state index in [-0.39, 0.29) is 5.69 Å². The van der Waals surface area contributed by atoms with Gasteiger partial charge >= 0.3 is 0 Å². The number of carbonyl (C=O) groups excluding carboxylic acids is 2. The summed E-state index contributed by atoms with van der Waals surface area (Å²) in [6.45, 7) is 4.12. The summed E-state index contributed by atoms with van der Waals surface area (Å²) in [7, 11) is 0. The van der Waals surface area contributed by atoms with Gasteiger partial charge in [-0.2, -0.15) is 0 Å². The van der Waals surface area contributed by atoms with Gasteiger partial charge in [-0.05, 0) is 35.7 Å². The van der Waals surface area contributed by atoms with Gasteiger partial charge < -0.3 is 10.6 Å². The molecule has 0 spiro atoms. The van der Waals surface area contributed by atoms with Crippen LogP contribution in [0.4, 0.5) is 20.2 Å². The average molecular weight is 332 g/mol. The third-order valence-corrected chi connectivity index (χ3v) is 3.39. The number of rotatable bonds is 5. The van der Waals surface area contributed by atoms with Gasteiger partial charge in [0.05, 0.1) is 5.69 Å². The van der Waals surface area contributed by atoms with E-state index in [0.717, 1.165) is 17.7 Å². The number of hydrogen-bond donors (Lipinski definition) is 2. The van der Waals surface area contributed by atoms with Crippen LogP contribution in [-0.4, -0.2) is 11.8 Å². The van der Waals surface area contributed by atoms with Gasteiger partial charge in [0.1, 0.15) is 18.1 Å². The standard InChI is InChI=1S/C18H18F2N2O2/c1-11(2)12-3-6-14(7-4-12)21-17(23)10-18(24)22-16-8-5-13(19)9-15(16)20/h3-9,11H,10H2,1-2H3,(H,21,23)(H,22,24). The zero-order valence-corrected chi connectivity index (χ0v) is 13.4. The molecule has 4 nitrogen and oxygen atoms in total. The molecule has 2 rings (SSSR count). The summed E-state index contributed by atoms with van der Waals surface area (Å²) in [6, 6.07) is 10.1. The van der Waals surface area contributed by atoms with Crippen molar-refractivity contribution >= 4 is 23.2 Å². The maximum Gasteiger partial charge on any atom is 0.233 e. The second-order valence-corrected chi connectivity index (χ2v) is 5.67. The molecule has 0 saturated heterocycles. The molecule has 0 heterocycles. The van der Waals surface area contributed by atoms with Crippen LogP contribution in [0.2, 0.25) is 0 Å². The summed E-state index contributed by atoms with van der Waals surface area (Å²) < 4.78 is 26.2. The van der Waals surface area contributed by atoms with Gasteiger partial charge in [0.25, 0.3) is 0 Å². The van der Waals surface area contributed by atoms with E-state index in [9.17, 15) is 18.4 Å². The van der Waals surface area contributed by atoms with Crippen LogP contribution in [0, 0.1) is 11.6 Å². The Morgan fingerprint density at radius 1 is 0.958 bits per heavy atom. The lowest BCUT2D eigenvalue weighted by Gasteiger charge is -2.09. The van der Waals surface area contributed by atoms with E-state index < -0.39 is 29.9 Å². The lowest BCUT2D eigenvalue weighted by molar-refractivity contribution is -0.123. The number of hydrogen-bond acceptors (Lipinski definition) is 2. The normalized spacial score (nSPS) is 10.5. The molecular formula is C18H18F2N2O2. The highest BCUT2D eigenvalue weighted by molar-refractivity contribution is 6.08. The molecule has 0 fully saturated rings. The van der Waals surface area contributed by atoms with Crippen molar-refractivity contribution in [3.05, 3.63) is 59.7 Å². The summed E-state index contributed by atoms with van der Waals surface area (Å²) >= 11 is 0. The molecule has 2 aromatic carbocycles. The van der Waals surface area contributed by atoms with Crippen LogP contribution in [-0.2, 0) is 9.59 Å². The third kappa shape index (κ3) is 4.87. The smallest absolute Gasteiger partial charge is 0.233 e. The second-order valence-electron chi connectivity index (χ2n) is 5.67. The average Bonchev–Trinajstić information content (AvgIpc) is 2.50. The van der Waals surface area contributed by atoms with E-state index in [1.54, 1.807) is 12.1 Å². The first kappa shape index (κ1) is 17.6.